The van der Waals surface area contributed by atoms with Crippen molar-refractivity contribution in [1.29, 1.82) is 10.5 Å². The fourth-order valence-electron chi connectivity index (χ4n) is 4.82. The van der Waals surface area contributed by atoms with Gasteiger partial charge in [0.05, 0.1) is 23.8 Å². The highest BCUT2D eigenvalue weighted by atomic mass is 16.5. The highest BCUT2D eigenvalue weighted by molar-refractivity contribution is 5.33. The summed E-state index contributed by atoms with van der Waals surface area (Å²) in [6.07, 6.45) is 16.2. The van der Waals surface area contributed by atoms with Crippen molar-refractivity contribution >= 4 is 0 Å². The molecule has 0 amide bonds. The number of benzene rings is 1. The maximum atomic E-state index is 8.94. The number of hydrogen-bond donors (Lipinski definition) is 0. The molecule has 0 unspecified atom stereocenters. The van der Waals surface area contributed by atoms with Crippen LogP contribution in [0, 0.1) is 34.5 Å². The predicted molar refractivity (Wildman–Crippen MR) is 112 cm³/mol. The van der Waals surface area contributed by atoms with Crippen molar-refractivity contribution in [3.63, 3.8) is 0 Å². The van der Waals surface area contributed by atoms with Gasteiger partial charge >= 0.3 is 0 Å². The topological polar surface area (TPSA) is 56.8 Å². The van der Waals surface area contributed by atoms with Crippen molar-refractivity contribution < 1.29 is 4.74 Å². The second-order valence-corrected chi connectivity index (χ2v) is 8.54. The van der Waals surface area contributed by atoms with Crippen LogP contribution < -0.4 is 0 Å². The first-order valence-electron chi connectivity index (χ1n) is 10.9. The molecule has 0 heterocycles. The third kappa shape index (κ3) is 6.22. The molecule has 0 N–H and O–H groups in total. The molecule has 0 aromatic heterocycles. The molecule has 0 saturated heterocycles. The summed E-state index contributed by atoms with van der Waals surface area (Å²) >= 11 is 0. The summed E-state index contributed by atoms with van der Waals surface area (Å²) in [6, 6.07) is 12.4. The normalized spacial score (nSPS) is 27.9. The second kappa shape index (κ2) is 11.0. The van der Waals surface area contributed by atoms with E-state index in [0.29, 0.717) is 17.9 Å². The summed E-state index contributed by atoms with van der Waals surface area (Å²) in [5.41, 5.74) is 2.14. The van der Waals surface area contributed by atoms with E-state index in [0.717, 1.165) is 24.5 Å². The lowest BCUT2D eigenvalue weighted by molar-refractivity contribution is -0.00824. The summed E-state index contributed by atoms with van der Waals surface area (Å²) < 4.78 is 6.29. The maximum absolute atomic E-state index is 8.94. The Morgan fingerprint density at radius 1 is 0.893 bits per heavy atom. The van der Waals surface area contributed by atoms with E-state index in [2.05, 4.69) is 24.3 Å². The largest absolute Gasteiger partial charge is 0.378 e. The lowest BCUT2D eigenvalue weighted by Gasteiger charge is -2.32. The van der Waals surface area contributed by atoms with Crippen LogP contribution in [0.1, 0.15) is 81.3 Å². The molecule has 0 spiro atoms. The van der Waals surface area contributed by atoms with Gasteiger partial charge in [-0.1, -0.05) is 18.2 Å². The van der Waals surface area contributed by atoms with E-state index in [1.165, 1.54) is 63.4 Å². The first-order chi connectivity index (χ1) is 13.8. The van der Waals surface area contributed by atoms with Crippen molar-refractivity contribution in [3.8, 4) is 12.1 Å². The molecule has 3 rings (SSSR count). The van der Waals surface area contributed by atoms with Crippen molar-refractivity contribution in [2.24, 2.45) is 11.8 Å². The lowest BCUT2D eigenvalue weighted by atomic mass is 9.79. The number of rotatable bonds is 7. The van der Waals surface area contributed by atoms with Gasteiger partial charge in [0.1, 0.15) is 0 Å². The molecule has 1 aromatic rings. The van der Waals surface area contributed by atoms with Gasteiger partial charge in [-0.05, 0) is 99.7 Å². The molecule has 3 heteroatoms. The Kier molecular flexibility index (Phi) is 8.13. The Hall–Kier alpha value is -2.10. The zero-order valence-electron chi connectivity index (χ0n) is 16.9. The fourth-order valence-corrected chi connectivity index (χ4v) is 4.82. The molecule has 0 atom stereocenters. The van der Waals surface area contributed by atoms with Crippen molar-refractivity contribution in [3.05, 3.63) is 47.5 Å². The monoisotopic (exact) mass is 376 g/mol. The molecule has 3 nitrogen and oxygen atoms in total. The van der Waals surface area contributed by atoms with E-state index in [4.69, 9.17) is 15.3 Å². The van der Waals surface area contributed by atoms with E-state index in [9.17, 15) is 0 Å². The summed E-state index contributed by atoms with van der Waals surface area (Å²) in [5.74, 6) is 2.17. The third-order valence-electron chi connectivity index (χ3n) is 6.65. The van der Waals surface area contributed by atoms with Gasteiger partial charge < -0.3 is 4.74 Å². The summed E-state index contributed by atoms with van der Waals surface area (Å²) in [6.45, 7) is 0.931. The number of nitrogens with zero attached hydrogens (tertiary/aromatic N) is 2. The van der Waals surface area contributed by atoms with Crippen LogP contribution in [0.25, 0.3) is 0 Å². The highest BCUT2D eigenvalue weighted by Crippen LogP contribution is 2.37. The predicted octanol–water partition coefficient (Wildman–Crippen LogP) is 6.27. The molecule has 0 aliphatic heterocycles. The smallest absolute Gasteiger partial charge is 0.0991 e. The minimum atomic E-state index is 0.460. The zero-order chi connectivity index (χ0) is 19.6. The number of hydrogen-bond acceptors (Lipinski definition) is 3. The second-order valence-electron chi connectivity index (χ2n) is 8.54. The summed E-state index contributed by atoms with van der Waals surface area (Å²) in [4.78, 5) is 0. The van der Waals surface area contributed by atoms with E-state index in [1.54, 1.807) is 6.08 Å². The van der Waals surface area contributed by atoms with E-state index < -0.39 is 0 Å². The molecule has 2 aliphatic rings. The van der Waals surface area contributed by atoms with Gasteiger partial charge in [0.15, 0.2) is 0 Å². The SMILES string of the molecule is N#CC=CCCC1CCC(OCC2CCC(c3ccc(C#N)cc3)CC2)CC1. The Bertz CT molecular complexity index is 694. The minimum Gasteiger partial charge on any atom is -0.378 e. The Balaban J connectivity index is 1.31. The first-order valence-corrected chi connectivity index (χ1v) is 10.9. The highest BCUT2D eigenvalue weighted by Gasteiger charge is 2.25. The quantitative estimate of drug-likeness (QED) is 0.527. The van der Waals surface area contributed by atoms with Gasteiger partial charge in [0.2, 0.25) is 0 Å². The van der Waals surface area contributed by atoms with Gasteiger partial charge in [-0.25, -0.2) is 0 Å². The summed E-state index contributed by atoms with van der Waals surface area (Å²) in [7, 11) is 0. The van der Waals surface area contributed by atoms with Gasteiger partial charge in [0.25, 0.3) is 0 Å². The van der Waals surface area contributed by atoms with Crippen LogP contribution in [0.3, 0.4) is 0 Å². The maximum Gasteiger partial charge on any atom is 0.0991 e. The van der Waals surface area contributed by atoms with Crippen LogP contribution in [-0.2, 0) is 4.74 Å². The van der Waals surface area contributed by atoms with Crippen LogP contribution >= 0.6 is 0 Å². The summed E-state index contributed by atoms with van der Waals surface area (Å²) in [5, 5.41) is 17.5. The van der Waals surface area contributed by atoms with Crippen LogP contribution in [-0.4, -0.2) is 12.7 Å². The third-order valence-corrected chi connectivity index (χ3v) is 6.65. The average Bonchev–Trinajstić information content (AvgIpc) is 2.76. The average molecular weight is 377 g/mol. The van der Waals surface area contributed by atoms with Gasteiger partial charge in [-0.2, -0.15) is 10.5 Å². The molecule has 0 radical (unpaired) electrons. The molecular formula is C25H32N2O. The molecule has 2 fully saturated rings. The number of allylic oxidation sites excluding steroid dienone is 2. The Morgan fingerprint density at radius 2 is 1.57 bits per heavy atom. The van der Waals surface area contributed by atoms with Crippen LogP contribution in [0.4, 0.5) is 0 Å². The van der Waals surface area contributed by atoms with Crippen LogP contribution in [0.5, 0.6) is 0 Å². The van der Waals surface area contributed by atoms with E-state index in [1.807, 2.05) is 18.2 Å². The lowest BCUT2D eigenvalue weighted by Crippen LogP contribution is -2.25. The van der Waals surface area contributed by atoms with Crippen LogP contribution in [0.2, 0.25) is 0 Å². The molecular weight excluding hydrogens is 344 g/mol. The Labute approximate surface area is 170 Å². The van der Waals surface area contributed by atoms with Crippen LogP contribution in [0.15, 0.2) is 36.4 Å². The molecule has 148 valence electrons. The number of ether oxygens (including phenoxy) is 1. The molecule has 2 aliphatic carbocycles. The van der Waals surface area contributed by atoms with Gasteiger partial charge in [-0.15, -0.1) is 0 Å². The standard InChI is InChI=1S/C25H32N2O/c26-17-3-1-2-4-20-9-15-25(16-10-20)28-19-22-7-13-24(14-8-22)23-11-5-21(18-27)6-12-23/h1,3,5-6,11-12,20,22,24-25H,2,4,7-10,13-16,19H2. The van der Waals surface area contributed by atoms with E-state index in [-0.39, 0.29) is 0 Å². The zero-order valence-corrected chi connectivity index (χ0v) is 16.9. The fraction of sp³-hybridized carbons (Fsp3) is 0.600. The van der Waals surface area contributed by atoms with Crippen molar-refractivity contribution in [2.45, 2.75) is 76.2 Å². The number of nitriles is 2. The Morgan fingerprint density at radius 3 is 2.21 bits per heavy atom. The van der Waals surface area contributed by atoms with Gasteiger partial charge in [-0.3, -0.25) is 0 Å². The van der Waals surface area contributed by atoms with Gasteiger partial charge in [0, 0.05) is 12.7 Å². The first kappa shape index (κ1) is 20.6. The van der Waals surface area contributed by atoms with Crippen molar-refractivity contribution in [2.75, 3.05) is 6.61 Å². The van der Waals surface area contributed by atoms with Crippen molar-refractivity contribution in [1.82, 2.24) is 0 Å². The molecule has 0 bridgehead atoms. The molecule has 28 heavy (non-hydrogen) atoms. The van der Waals surface area contributed by atoms with E-state index >= 15 is 0 Å². The molecule has 1 aromatic carbocycles. The minimum absolute atomic E-state index is 0.460. The molecule has 2 saturated carbocycles.